The van der Waals surface area contributed by atoms with Crippen molar-refractivity contribution in [1.29, 1.82) is 0 Å². The molecular weight excluding hydrogens is 266 g/mol. The lowest BCUT2D eigenvalue weighted by molar-refractivity contribution is 0.404. The van der Waals surface area contributed by atoms with Gasteiger partial charge in [0, 0.05) is 17.3 Å². The number of thioether (sulfide) groups is 1. The molecule has 1 heterocycles. The number of nitrogens with one attached hydrogen (secondary N) is 1. The molecule has 2 aliphatic rings. The third-order valence-corrected chi connectivity index (χ3v) is 6.23. The molecule has 3 rings (SSSR count). The molecule has 0 saturated carbocycles. The molecular formula is C17H25NOS. The van der Waals surface area contributed by atoms with E-state index >= 15 is 0 Å². The van der Waals surface area contributed by atoms with Crippen LogP contribution in [0.5, 0.6) is 5.75 Å². The molecule has 0 amide bonds. The summed E-state index contributed by atoms with van der Waals surface area (Å²) in [5, 5.41) is 3.84. The second kappa shape index (κ2) is 5.98. The Hall–Kier alpha value is -0.670. The largest absolute Gasteiger partial charge is 0.497 e. The van der Waals surface area contributed by atoms with Gasteiger partial charge in [0.25, 0.3) is 0 Å². The highest BCUT2D eigenvalue weighted by atomic mass is 32.2. The fraction of sp³-hybridized carbons (Fsp3) is 0.647. The summed E-state index contributed by atoms with van der Waals surface area (Å²) < 4.78 is 5.84. The van der Waals surface area contributed by atoms with Crippen LogP contribution in [0.4, 0.5) is 0 Å². The van der Waals surface area contributed by atoms with Gasteiger partial charge in [-0.25, -0.2) is 0 Å². The first-order valence-electron chi connectivity index (χ1n) is 7.74. The van der Waals surface area contributed by atoms with Crippen LogP contribution in [-0.2, 0) is 6.42 Å². The van der Waals surface area contributed by atoms with Gasteiger partial charge < -0.3 is 10.1 Å². The van der Waals surface area contributed by atoms with Gasteiger partial charge in [-0.2, -0.15) is 11.8 Å². The molecule has 1 aliphatic heterocycles. The van der Waals surface area contributed by atoms with Crippen LogP contribution in [0.25, 0.3) is 0 Å². The van der Waals surface area contributed by atoms with Crippen molar-refractivity contribution in [1.82, 2.24) is 5.32 Å². The van der Waals surface area contributed by atoms with Crippen LogP contribution in [0.2, 0.25) is 0 Å². The second-order valence-electron chi connectivity index (χ2n) is 6.29. The van der Waals surface area contributed by atoms with Gasteiger partial charge in [0.15, 0.2) is 0 Å². The standard InChI is InChI=1S/C17H25NOS/c1-17(9-4-10-20-17)12-18-16-6-3-5-13-7-8-14(19-2)11-15(13)16/h7-8,11,16,18H,3-6,9-10,12H2,1-2H3. The monoisotopic (exact) mass is 291 g/mol. The van der Waals surface area contributed by atoms with Gasteiger partial charge in [0.1, 0.15) is 5.75 Å². The highest BCUT2D eigenvalue weighted by molar-refractivity contribution is 8.00. The van der Waals surface area contributed by atoms with E-state index in [9.17, 15) is 0 Å². The summed E-state index contributed by atoms with van der Waals surface area (Å²) in [6, 6.07) is 7.08. The van der Waals surface area contributed by atoms with Crippen LogP contribution in [0.15, 0.2) is 18.2 Å². The Morgan fingerprint density at radius 2 is 2.30 bits per heavy atom. The summed E-state index contributed by atoms with van der Waals surface area (Å²) in [4.78, 5) is 0. The van der Waals surface area contributed by atoms with Crippen molar-refractivity contribution >= 4 is 11.8 Å². The van der Waals surface area contributed by atoms with E-state index in [1.807, 2.05) is 0 Å². The molecule has 1 aromatic carbocycles. The minimum Gasteiger partial charge on any atom is -0.497 e. The molecule has 0 spiro atoms. The van der Waals surface area contributed by atoms with Crippen molar-refractivity contribution in [2.45, 2.75) is 49.8 Å². The van der Waals surface area contributed by atoms with Gasteiger partial charge in [-0.15, -0.1) is 0 Å². The lowest BCUT2D eigenvalue weighted by atomic mass is 9.87. The normalized spacial score (nSPS) is 29.2. The maximum Gasteiger partial charge on any atom is 0.119 e. The van der Waals surface area contributed by atoms with Crippen LogP contribution in [0, 0.1) is 0 Å². The quantitative estimate of drug-likeness (QED) is 0.907. The van der Waals surface area contributed by atoms with Crippen molar-refractivity contribution < 1.29 is 4.74 Å². The predicted octanol–water partition coefficient (Wildman–Crippen LogP) is 3.95. The van der Waals surface area contributed by atoms with Crippen molar-refractivity contribution in [2.24, 2.45) is 0 Å². The first kappa shape index (κ1) is 14.3. The summed E-state index contributed by atoms with van der Waals surface area (Å²) in [7, 11) is 1.75. The topological polar surface area (TPSA) is 21.3 Å². The minimum atomic E-state index is 0.441. The van der Waals surface area contributed by atoms with E-state index in [2.05, 4.69) is 42.2 Å². The van der Waals surface area contributed by atoms with Gasteiger partial charge in [-0.1, -0.05) is 6.07 Å². The average Bonchev–Trinajstić information content (AvgIpc) is 2.91. The number of aryl methyl sites for hydroxylation is 1. The molecule has 0 aromatic heterocycles. The maximum absolute atomic E-state index is 5.39. The molecule has 1 N–H and O–H groups in total. The maximum atomic E-state index is 5.39. The third kappa shape index (κ3) is 2.99. The lowest BCUT2D eigenvalue weighted by Crippen LogP contribution is -2.36. The van der Waals surface area contributed by atoms with Crippen molar-refractivity contribution in [3.8, 4) is 5.75 Å². The number of methoxy groups -OCH3 is 1. The molecule has 1 aliphatic carbocycles. The van der Waals surface area contributed by atoms with Gasteiger partial charge in [0.2, 0.25) is 0 Å². The SMILES string of the molecule is COc1ccc2c(c1)C(NCC1(C)CCCS1)CCC2. The summed E-state index contributed by atoms with van der Waals surface area (Å²) in [6.07, 6.45) is 6.48. The minimum absolute atomic E-state index is 0.441. The summed E-state index contributed by atoms with van der Waals surface area (Å²) >= 11 is 2.14. The number of fused-ring (bicyclic) bond motifs is 1. The fourth-order valence-electron chi connectivity index (χ4n) is 3.43. The van der Waals surface area contributed by atoms with Gasteiger partial charge in [-0.3, -0.25) is 0 Å². The van der Waals surface area contributed by atoms with Crippen LogP contribution in [0.1, 0.15) is 49.8 Å². The first-order chi connectivity index (χ1) is 9.70. The predicted molar refractivity (Wildman–Crippen MR) is 86.8 cm³/mol. The van der Waals surface area contributed by atoms with Gasteiger partial charge in [-0.05, 0) is 68.0 Å². The van der Waals surface area contributed by atoms with E-state index < -0.39 is 0 Å². The molecule has 2 atom stereocenters. The Labute approximate surface area is 126 Å². The van der Waals surface area contributed by atoms with E-state index in [0.29, 0.717) is 10.8 Å². The Bertz CT molecular complexity index is 468. The highest BCUT2D eigenvalue weighted by Crippen LogP contribution is 2.38. The molecule has 110 valence electrons. The number of benzene rings is 1. The van der Waals surface area contributed by atoms with Crippen molar-refractivity contribution in [3.05, 3.63) is 29.3 Å². The Morgan fingerprint density at radius 3 is 3.05 bits per heavy atom. The Morgan fingerprint density at radius 1 is 1.40 bits per heavy atom. The van der Waals surface area contributed by atoms with E-state index in [0.717, 1.165) is 12.3 Å². The van der Waals surface area contributed by atoms with E-state index in [4.69, 9.17) is 4.74 Å². The number of rotatable bonds is 4. The number of ether oxygens (including phenoxy) is 1. The molecule has 1 saturated heterocycles. The fourth-order valence-corrected chi connectivity index (χ4v) is 4.69. The van der Waals surface area contributed by atoms with Gasteiger partial charge in [0.05, 0.1) is 7.11 Å². The number of hydrogen-bond donors (Lipinski definition) is 1. The van der Waals surface area contributed by atoms with Crippen LogP contribution in [-0.4, -0.2) is 24.2 Å². The van der Waals surface area contributed by atoms with Crippen LogP contribution >= 0.6 is 11.8 Å². The average molecular weight is 291 g/mol. The molecule has 0 radical (unpaired) electrons. The van der Waals surface area contributed by atoms with E-state index in [-0.39, 0.29) is 0 Å². The molecule has 20 heavy (non-hydrogen) atoms. The first-order valence-corrected chi connectivity index (χ1v) is 8.73. The molecule has 1 aromatic rings. The summed E-state index contributed by atoms with van der Waals surface area (Å²) in [5.74, 6) is 2.31. The summed E-state index contributed by atoms with van der Waals surface area (Å²) in [6.45, 7) is 3.53. The zero-order valence-corrected chi connectivity index (χ0v) is 13.4. The van der Waals surface area contributed by atoms with Gasteiger partial charge >= 0.3 is 0 Å². The van der Waals surface area contributed by atoms with E-state index in [1.54, 1.807) is 7.11 Å². The van der Waals surface area contributed by atoms with Crippen LogP contribution in [0.3, 0.4) is 0 Å². The second-order valence-corrected chi connectivity index (χ2v) is 7.97. The summed E-state index contributed by atoms with van der Waals surface area (Å²) in [5.41, 5.74) is 2.96. The lowest BCUT2D eigenvalue weighted by Gasteiger charge is -2.31. The molecule has 3 heteroatoms. The Balaban J connectivity index is 1.72. The highest BCUT2D eigenvalue weighted by Gasteiger charge is 2.31. The zero-order valence-electron chi connectivity index (χ0n) is 12.6. The van der Waals surface area contributed by atoms with E-state index in [1.165, 1.54) is 49.0 Å². The molecule has 0 bridgehead atoms. The van der Waals surface area contributed by atoms with Crippen molar-refractivity contribution in [3.63, 3.8) is 0 Å². The van der Waals surface area contributed by atoms with Crippen molar-refractivity contribution in [2.75, 3.05) is 19.4 Å². The number of hydrogen-bond acceptors (Lipinski definition) is 3. The molecule has 1 fully saturated rings. The third-order valence-electron chi connectivity index (χ3n) is 4.69. The molecule has 2 unspecified atom stereocenters. The van der Waals surface area contributed by atoms with Crippen LogP contribution < -0.4 is 10.1 Å². The molecule has 2 nitrogen and oxygen atoms in total. The zero-order chi connectivity index (χ0) is 14.0. The smallest absolute Gasteiger partial charge is 0.119 e. The Kier molecular flexibility index (Phi) is 4.27.